The topological polar surface area (TPSA) is 82.2 Å². The van der Waals surface area contributed by atoms with E-state index in [0.29, 0.717) is 17.4 Å². The third-order valence-corrected chi connectivity index (χ3v) is 4.25. The van der Waals surface area contributed by atoms with Crippen LogP contribution in [-0.4, -0.2) is 29.6 Å². The molecule has 0 heterocycles. The summed E-state index contributed by atoms with van der Waals surface area (Å²) in [5.41, 5.74) is 6.32. The van der Waals surface area contributed by atoms with E-state index >= 15 is 0 Å². The highest BCUT2D eigenvalue weighted by Gasteiger charge is 2.24. The van der Waals surface area contributed by atoms with Gasteiger partial charge in [0.05, 0.1) is 5.70 Å². The molecule has 6 heteroatoms. The normalized spacial score (nSPS) is 16.0. The van der Waals surface area contributed by atoms with Crippen molar-refractivity contribution in [3.63, 3.8) is 0 Å². The van der Waals surface area contributed by atoms with Gasteiger partial charge in [-0.1, -0.05) is 19.3 Å². The molecule has 4 N–H and O–H groups in total. The maximum absolute atomic E-state index is 12.9. The SMILES string of the molecule is CN(/C(=C/N)C(=N)C(=O)Nc1ccc(F)cc1)C1CCCCC1. The molecule has 0 radical (unpaired) electrons. The molecule has 0 aliphatic heterocycles. The van der Waals surface area contributed by atoms with Gasteiger partial charge in [0.15, 0.2) is 0 Å². The molecule has 1 saturated carbocycles. The Hall–Kier alpha value is -2.37. The van der Waals surface area contributed by atoms with Gasteiger partial charge in [-0.15, -0.1) is 0 Å². The predicted octanol–water partition coefficient (Wildman–Crippen LogP) is 2.85. The van der Waals surface area contributed by atoms with Gasteiger partial charge in [-0.3, -0.25) is 10.2 Å². The number of anilines is 1. The van der Waals surface area contributed by atoms with Crippen molar-refractivity contribution in [1.29, 1.82) is 5.41 Å². The Labute approximate surface area is 135 Å². The minimum Gasteiger partial charge on any atom is -0.403 e. The molecule has 2 rings (SSSR count). The first-order valence-electron chi connectivity index (χ1n) is 7.83. The van der Waals surface area contributed by atoms with Crippen LogP contribution in [0.5, 0.6) is 0 Å². The summed E-state index contributed by atoms with van der Waals surface area (Å²) in [5.74, 6) is -0.936. The maximum atomic E-state index is 12.9. The Morgan fingerprint density at radius 2 is 1.91 bits per heavy atom. The summed E-state index contributed by atoms with van der Waals surface area (Å²) in [6, 6.07) is 5.73. The van der Waals surface area contributed by atoms with Crippen LogP contribution in [0.2, 0.25) is 0 Å². The second-order valence-electron chi connectivity index (χ2n) is 5.79. The van der Waals surface area contributed by atoms with Crippen LogP contribution in [0, 0.1) is 11.2 Å². The van der Waals surface area contributed by atoms with Crippen LogP contribution in [0.15, 0.2) is 36.2 Å². The lowest BCUT2D eigenvalue weighted by molar-refractivity contribution is -0.110. The van der Waals surface area contributed by atoms with Crippen molar-refractivity contribution in [3.05, 3.63) is 42.0 Å². The summed E-state index contributed by atoms with van der Waals surface area (Å²) < 4.78 is 12.9. The van der Waals surface area contributed by atoms with E-state index in [1.165, 1.54) is 36.9 Å². The molecular formula is C17H23FN4O. The lowest BCUT2D eigenvalue weighted by atomic mass is 9.94. The summed E-state index contributed by atoms with van der Waals surface area (Å²) in [5, 5.41) is 10.7. The van der Waals surface area contributed by atoms with E-state index in [9.17, 15) is 9.18 Å². The van der Waals surface area contributed by atoms with Crippen LogP contribution in [0.4, 0.5) is 10.1 Å². The van der Waals surface area contributed by atoms with E-state index in [0.717, 1.165) is 25.7 Å². The summed E-state index contributed by atoms with van der Waals surface area (Å²) in [4.78, 5) is 14.2. The number of nitrogens with two attached hydrogens (primary N) is 1. The Morgan fingerprint density at radius 3 is 2.48 bits per heavy atom. The highest BCUT2D eigenvalue weighted by Crippen LogP contribution is 2.24. The largest absolute Gasteiger partial charge is 0.403 e. The lowest BCUT2D eigenvalue weighted by Gasteiger charge is -2.34. The van der Waals surface area contributed by atoms with E-state index in [1.807, 2.05) is 11.9 Å². The van der Waals surface area contributed by atoms with Crippen molar-refractivity contribution in [2.75, 3.05) is 12.4 Å². The van der Waals surface area contributed by atoms with Crippen LogP contribution in [0.25, 0.3) is 0 Å². The van der Waals surface area contributed by atoms with E-state index in [4.69, 9.17) is 11.1 Å². The number of nitrogens with one attached hydrogen (secondary N) is 2. The van der Waals surface area contributed by atoms with Crippen LogP contribution in [0.3, 0.4) is 0 Å². The zero-order valence-corrected chi connectivity index (χ0v) is 13.3. The minimum absolute atomic E-state index is 0.190. The van der Waals surface area contributed by atoms with Gasteiger partial charge in [0.1, 0.15) is 11.5 Å². The number of carbonyl (C=O) groups excluding carboxylic acids is 1. The Morgan fingerprint density at radius 1 is 1.30 bits per heavy atom. The molecular weight excluding hydrogens is 295 g/mol. The van der Waals surface area contributed by atoms with E-state index in [2.05, 4.69) is 5.32 Å². The molecule has 124 valence electrons. The fraction of sp³-hybridized carbons (Fsp3) is 0.412. The average Bonchev–Trinajstić information content (AvgIpc) is 2.58. The van der Waals surface area contributed by atoms with Crippen LogP contribution in [0.1, 0.15) is 32.1 Å². The third-order valence-electron chi connectivity index (χ3n) is 4.25. The third kappa shape index (κ3) is 4.31. The number of halogens is 1. The van der Waals surface area contributed by atoms with Gasteiger partial charge >= 0.3 is 0 Å². The molecule has 1 aliphatic carbocycles. The predicted molar refractivity (Wildman–Crippen MR) is 89.7 cm³/mol. The van der Waals surface area contributed by atoms with Crippen molar-refractivity contribution in [2.24, 2.45) is 5.73 Å². The quantitative estimate of drug-likeness (QED) is 0.730. The molecule has 0 atom stereocenters. The van der Waals surface area contributed by atoms with E-state index in [1.54, 1.807) is 0 Å². The van der Waals surface area contributed by atoms with E-state index in [-0.39, 0.29) is 11.5 Å². The monoisotopic (exact) mass is 318 g/mol. The average molecular weight is 318 g/mol. The van der Waals surface area contributed by atoms with Crippen molar-refractivity contribution in [2.45, 2.75) is 38.1 Å². The first-order valence-corrected chi connectivity index (χ1v) is 7.83. The second kappa shape index (κ2) is 7.76. The van der Waals surface area contributed by atoms with Gasteiger partial charge in [0, 0.05) is 25.0 Å². The minimum atomic E-state index is -0.559. The molecule has 1 aliphatic rings. The summed E-state index contributed by atoms with van der Waals surface area (Å²) in [6.45, 7) is 0. The number of amides is 1. The fourth-order valence-corrected chi connectivity index (χ4v) is 2.89. The molecule has 5 nitrogen and oxygen atoms in total. The van der Waals surface area contributed by atoms with Gasteiger partial charge in [-0.2, -0.15) is 0 Å². The van der Waals surface area contributed by atoms with Crippen LogP contribution < -0.4 is 11.1 Å². The number of benzene rings is 1. The van der Waals surface area contributed by atoms with E-state index < -0.39 is 5.91 Å². The molecule has 1 aromatic carbocycles. The Kier molecular flexibility index (Phi) is 5.73. The Bertz CT molecular complexity index is 591. The number of hydrogen-bond donors (Lipinski definition) is 3. The van der Waals surface area contributed by atoms with Gasteiger partial charge in [-0.05, 0) is 37.1 Å². The molecule has 0 bridgehead atoms. The summed E-state index contributed by atoms with van der Waals surface area (Å²) >= 11 is 0. The molecule has 1 fully saturated rings. The number of rotatable bonds is 5. The fourth-order valence-electron chi connectivity index (χ4n) is 2.89. The van der Waals surface area contributed by atoms with Crippen LogP contribution in [-0.2, 0) is 4.79 Å². The maximum Gasteiger partial charge on any atom is 0.275 e. The first kappa shape index (κ1) is 17.0. The molecule has 0 aromatic heterocycles. The highest BCUT2D eigenvalue weighted by molar-refractivity contribution is 6.47. The van der Waals surface area contributed by atoms with Crippen LogP contribution >= 0.6 is 0 Å². The van der Waals surface area contributed by atoms with Crippen molar-refractivity contribution < 1.29 is 9.18 Å². The molecule has 0 spiro atoms. The lowest BCUT2D eigenvalue weighted by Crippen LogP contribution is -2.39. The smallest absolute Gasteiger partial charge is 0.275 e. The summed E-state index contributed by atoms with van der Waals surface area (Å²) in [7, 11) is 1.87. The highest BCUT2D eigenvalue weighted by atomic mass is 19.1. The van der Waals surface area contributed by atoms with Crippen molar-refractivity contribution >= 4 is 17.3 Å². The number of hydrogen-bond acceptors (Lipinski definition) is 4. The standard InChI is InChI=1S/C17H23FN4O/c1-22(14-5-3-2-4-6-14)15(11-19)16(20)17(23)21-13-9-7-12(18)8-10-13/h7-11,14,20H,2-6,19H2,1H3,(H,21,23)/b15-11+,20-16?. The molecule has 0 saturated heterocycles. The zero-order chi connectivity index (χ0) is 16.8. The molecule has 0 unspecified atom stereocenters. The second-order valence-corrected chi connectivity index (χ2v) is 5.79. The number of carbonyl (C=O) groups is 1. The Balaban J connectivity index is 2.03. The van der Waals surface area contributed by atoms with Gasteiger partial charge in [0.25, 0.3) is 5.91 Å². The van der Waals surface area contributed by atoms with Gasteiger partial charge in [0.2, 0.25) is 0 Å². The molecule has 23 heavy (non-hydrogen) atoms. The number of nitrogens with zero attached hydrogens (tertiary/aromatic N) is 1. The summed E-state index contributed by atoms with van der Waals surface area (Å²) in [6.07, 6.45) is 6.93. The van der Waals surface area contributed by atoms with Gasteiger partial charge < -0.3 is 16.0 Å². The van der Waals surface area contributed by atoms with Crippen molar-refractivity contribution in [1.82, 2.24) is 4.90 Å². The van der Waals surface area contributed by atoms with Crippen molar-refractivity contribution in [3.8, 4) is 0 Å². The van der Waals surface area contributed by atoms with Gasteiger partial charge in [-0.25, -0.2) is 4.39 Å². The molecule has 1 aromatic rings. The molecule has 1 amide bonds. The zero-order valence-electron chi connectivity index (χ0n) is 13.3. The first-order chi connectivity index (χ1) is 11.0.